The first-order valence-corrected chi connectivity index (χ1v) is 6.60. The smallest absolute Gasteiger partial charge is 0.285 e. The van der Waals surface area contributed by atoms with Crippen LogP contribution in [0.3, 0.4) is 0 Å². The Morgan fingerprint density at radius 2 is 1.83 bits per heavy atom. The van der Waals surface area contributed by atoms with Crippen LogP contribution in [0.25, 0.3) is 11.4 Å². The molecule has 10 nitrogen and oxygen atoms in total. The molecule has 0 bridgehead atoms. The molecule has 116 valence electrons. The fourth-order valence-electron chi connectivity index (χ4n) is 1.94. The molecule has 1 amide bonds. The Labute approximate surface area is 129 Å². The number of aryl methyl sites for hydroxylation is 1. The molecule has 0 atom stereocenters. The first-order valence-electron chi connectivity index (χ1n) is 6.60. The molecule has 0 unspecified atom stereocenters. The molecule has 0 aliphatic rings. The number of anilines is 1. The van der Waals surface area contributed by atoms with Crippen molar-refractivity contribution in [1.82, 2.24) is 35.0 Å². The van der Waals surface area contributed by atoms with Gasteiger partial charge in [-0.2, -0.15) is 0 Å². The topological polar surface area (TPSA) is 120 Å². The predicted octanol–water partition coefficient (Wildman–Crippen LogP) is -0.382. The fraction of sp³-hybridized carbons (Fsp3) is 0.154. The van der Waals surface area contributed by atoms with Crippen molar-refractivity contribution >= 4 is 11.9 Å². The van der Waals surface area contributed by atoms with Gasteiger partial charge in [0.1, 0.15) is 0 Å². The van der Waals surface area contributed by atoms with Crippen LogP contribution in [0.2, 0.25) is 0 Å². The minimum atomic E-state index is -0.726. The number of carbonyl (C=O) groups excluding carboxylic acids is 1. The van der Waals surface area contributed by atoms with E-state index in [0.29, 0.717) is 5.82 Å². The lowest BCUT2D eigenvalue weighted by Gasteiger charge is -2.08. The molecule has 0 saturated carbocycles. The summed E-state index contributed by atoms with van der Waals surface area (Å²) >= 11 is 0. The summed E-state index contributed by atoms with van der Waals surface area (Å²) in [6.45, 7) is 0. The standard InChI is InChI=1S/C13H12N8O2/c1-20-10(8-6-4-3-5-7-8)16-15-9(12(20)23)11(22)14-13-17-18-19-21(13)2/h3-7H,1-2H3,(H,14,17,19,22). The van der Waals surface area contributed by atoms with Crippen molar-refractivity contribution in [3.05, 3.63) is 46.4 Å². The highest BCUT2D eigenvalue weighted by molar-refractivity contribution is 6.01. The molecule has 1 aromatic carbocycles. The van der Waals surface area contributed by atoms with Crippen molar-refractivity contribution in [2.75, 3.05) is 5.32 Å². The number of tetrazole rings is 1. The third-order valence-electron chi connectivity index (χ3n) is 3.16. The quantitative estimate of drug-likeness (QED) is 0.699. The van der Waals surface area contributed by atoms with Crippen molar-refractivity contribution < 1.29 is 4.79 Å². The van der Waals surface area contributed by atoms with Gasteiger partial charge in [0.25, 0.3) is 11.5 Å². The normalized spacial score (nSPS) is 10.5. The molecule has 0 radical (unpaired) electrons. The summed E-state index contributed by atoms with van der Waals surface area (Å²) in [6, 6.07) is 9.10. The predicted molar refractivity (Wildman–Crippen MR) is 79.5 cm³/mol. The monoisotopic (exact) mass is 312 g/mol. The van der Waals surface area contributed by atoms with Crippen LogP contribution in [0.4, 0.5) is 5.95 Å². The van der Waals surface area contributed by atoms with Gasteiger partial charge in [0.15, 0.2) is 5.82 Å². The van der Waals surface area contributed by atoms with E-state index < -0.39 is 11.5 Å². The third kappa shape index (κ3) is 2.69. The Balaban J connectivity index is 1.96. The first kappa shape index (κ1) is 14.5. The zero-order valence-electron chi connectivity index (χ0n) is 12.3. The van der Waals surface area contributed by atoms with Crippen LogP contribution in [-0.2, 0) is 14.1 Å². The van der Waals surface area contributed by atoms with E-state index in [4.69, 9.17) is 0 Å². The molecule has 0 fully saturated rings. The average Bonchev–Trinajstić information content (AvgIpc) is 2.95. The molecule has 2 aromatic heterocycles. The number of nitrogens with one attached hydrogen (secondary N) is 1. The van der Waals surface area contributed by atoms with Crippen LogP contribution in [0, 0.1) is 0 Å². The van der Waals surface area contributed by atoms with E-state index in [1.165, 1.54) is 16.3 Å². The zero-order valence-corrected chi connectivity index (χ0v) is 12.3. The van der Waals surface area contributed by atoms with Crippen LogP contribution < -0.4 is 10.9 Å². The van der Waals surface area contributed by atoms with Gasteiger partial charge in [-0.3, -0.25) is 19.5 Å². The number of nitrogens with zero attached hydrogens (tertiary/aromatic N) is 7. The summed E-state index contributed by atoms with van der Waals surface area (Å²) in [5.41, 5.74) is -0.175. The number of hydrogen-bond acceptors (Lipinski definition) is 7. The highest BCUT2D eigenvalue weighted by Crippen LogP contribution is 2.13. The number of hydrogen-bond donors (Lipinski definition) is 1. The molecule has 10 heteroatoms. The van der Waals surface area contributed by atoms with Gasteiger partial charge in [-0.15, -0.1) is 10.2 Å². The molecule has 23 heavy (non-hydrogen) atoms. The lowest BCUT2D eigenvalue weighted by Crippen LogP contribution is -2.32. The van der Waals surface area contributed by atoms with Gasteiger partial charge in [-0.1, -0.05) is 35.4 Å². The molecule has 3 rings (SSSR count). The number of rotatable bonds is 3. The van der Waals surface area contributed by atoms with Crippen molar-refractivity contribution in [1.29, 1.82) is 0 Å². The highest BCUT2D eigenvalue weighted by Gasteiger charge is 2.19. The molecule has 0 aliphatic heterocycles. The summed E-state index contributed by atoms with van der Waals surface area (Å²) in [5.74, 6) is -0.255. The molecule has 0 saturated heterocycles. The maximum atomic E-state index is 12.4. The lowest BCUT2D eigenvalue weighted by atomic mass is 10.2. The number of amides is 1. The van der Waals surface area contributed by atoms with Gasteiger partial charge in [0, 0.05) is 19.7 Å². The van der Waals surface area contributed by atoms with E-state index in [1.54, 1.807) is 19.2 Å². The number of benzene rings is 1. The third-order valence-corrected chi connectivity index (χ3v) is 3.16. The lowest BCUT2D eigenvalue weighted by molar-refractivity contribution is 0.101. The summed E-state index contributed by atoms with van der Waals surface area (Å²) in [6.07, 6.45) is 0. The Hall–Kier alpha value is -3.43. The van der Waals surface area contributed by atoms with Crippen LogP contribution in [0.5, 0.6) is 0 Å². The van der Waals surface area contributed by atoms with Gasteiger partial charge in [-0.25, -0.2) is 4.68 Å². The SMILES string of the molecule is Cn1nnnc1NC(=O)c1nnc(-c2ccccc2)n(C)c1=O. The Morgan fingerprint density at radius 3 is 2.48 bits per heavy atom. The minimum absolute atomic E-state index is 0.103. The van der Waals surface area contributed by atoms with E-state index >= 15 is 0 Å². The first-order chi connectivity index (χ1) is 11.1. The van der Waals surface area contributed by atoms with Crippen LogP contribution in [0.15, 0.2) is 35.1 Å². The Morgan fingerprint density at radius 1 is 1.09 bits per heavy atom. The second-order valence-electron chi connectivity index (χ2n) is 4.68. The van der Waals surface area contributed by atoms with Crippen LogP contribution in [0.1, 0.15) is 10.5 Å². The summed E-state index contributed by atoms with van der Waals surface area (Å²) in [5, 5.41) is 20.7. The molecule has 0 spiro atoms. The van der Waals surface area contributed by atoms with Crippen molar-refractivity contribution in [3.63, 3.8) is 0 Å². The van der Waals surface area contributed by atoms with E-state index in [1.807, 2.05) is 18.2 Å². The van der Waals surface area contributed by atoms with Crippen LogP contribution >= 0.6 is 0 Å². The average molecular weight is 312 g/mol. The van der Waals surface area contributed by atoms with Gasteiger partial charge in [0.05, 0.1) is 0 Å². The second-order valence-corrected chi connectivity index (χ2v) is 4.68. The Bertz CT molecular complexity index is 915. The van der Waals surface area contributed by atoms with Crippen molar-refractivity contribution in [2.24, 2.45) is 14.1 Å². The summed E-state index contributed by atoms with van der Waals surface area (Å²) < 4.78 is 2.53. The van der Waals surface area contributed by atoms with Gasteiger partial charge in [-0.05, 0) is 10.4 Å². The maximum absolute atomic E-state index is 12.4. The molecular formula is C13H12N8O2. The molecule has 3 aromatic rings. The fourth-order valence-corrected chi connectivity index (χ4v) is 1.94. The van der Waals surface area contributed by atoms with Crippen molar-refractivity contribution in [3.8, 4) is 11.4 Å². The number of aromatic nitrogens is 7. The van der Waals surface area contributed by atoms with E-state index in [9.17, 15) is 9.59 Å². The molecular weight excluding hydrogens is 300 g/mol. The Kier molecular flexibility index (Phi) is 3.63. The molecule has 2 heterocycles. The van der Waals surface area contributed by atoms with E-state index in [0.717, 1.165) is 5.56 Å². The largest absolute Gasteiger partial charge is 0.292 e. The van der Waals surface area contributed by atoms with E-state index in [-0.39, 0.29) is 11.6 Å². The minimum Gasteiger partial charge on any atom is -0.292 e. The van der Waals surface area contributed by atoms with E-state index in [2.05, 4.69) is 31.0 Å². The highest BCUT2D eigenvalue weighted by atomic mass is 16.2. The van der Waals surface area contributed by atoms with Gasteiger partial charge >= 0.3 is 0 Å². The zero-order chi connectivity index (χ0) is 16.4. The summed E-state index contributed by atoms with van der Waals surface area (Å²) in [4.78, 5) is 24.5. The second kappa shape index (κ2) is 5.75. The molecule has 1 N–H and O–H groups in total. The summed E-state index contributed by atoms with van der Waals surface area (Å²) in [7, 11) is 3.08. The van der Waals surface area contributed by atoms with Gasteiger partial charge < -0.3 is 0 Å². The maximum Gasteiger partial charge on any atom is 0.285 e. The van der Waals surface area contributed by atoms with Gasteiger partial charge in [0.2, 0.25) is 11.6 Å². The molecule has 0 aliphatic carbocycles. The van der Waals surface area contributed by atoms with Crippen molar-refractivity contribution in [2.45, 2.75) is 0 Å². The number of carbonyl (C=O) groups is 1. The van der Waals surface area contributed by atoms with Crippen LogP contribution in [-0.4, -0.2) is 40.9 Å².